The van der Waals surface area contributed by atoms with E-state index in [0.717, 1.165) is 16.9 Å². The molecular weight excluding hydrogens is 466 g/mol. The van der Waals surface area contributed by atoms with Gasteiger partial charge in [0, 0.05) is 0 Å². The van der Waals surface area contributed by atoms with Gasteiger partial charge in [-0.2, -0.15) is 0 Å². The van der Waals surface area contributed by atoms with Crippen LogP contribution in [0.3, 0.4) is 0 Å². The van der Waals surface area contributed by atoms with Gasteiger partial charge >= 0.3 is 0 Å². The van der Waals surface area contributed by atoms with E-state index in [1.807, 2.05) is 92.7 Å². The maximum absolute atomic E-state index is 13.1. The topological polar surface area (TPSA) is 48.0 Å². The molecule has 0 bridgehead atoms. The van der Waals surface area contributed by atoms with Crippen LogP contribution >= 0.6 is 24.0 Å². The average Bonchev–Trinajstić information content (AvgIpc) is 3.13. The molecule has 1 saturated heterocycles. The number of ether oxygens (including phenoxy) is 3. The van der Waals surface area contributed by atoms with Crippen molar-refractivity contribution in [1.29, 1.82) is 0 Å². The molecular formula is C27H25NO4S2. The number of hydrogen-bond donors (Lipinski definition) is 0. The van der Waals surface area contributed by atoms with Crippen LogP contribution in [-0.4, -0.2) is 23.4 Å². The van der Waals surface area contributed by atoms with Crippen molar-refractivity contribution in [2.75, 3.05) is 18.1 Å². The second-order valence-corrected chi connectivity index (χ2v) is 9.03. The number of carbonyl (C=O) groups is 1. The lowest BCUT2D eigenvalue weighted by molar-refractivity contribution is -0.113. The lowest BCUT2D eigenvalue weighted by atomic mass is 10.1. The van der Waals surface area contributed by atoms with Gasteiger partial charge in [-0.1, -0.05) is 60.4 Å². The molecule has 1 aliphatic rings. The van der Waals surface area contributed by atoms with Gasteiger partial charge in [0.2, 0.25) is 0 Å². The molecule has 0 aliphatic carbocycles. The quantitative estimate of drug-likeness (QED) is 0.253. The molecule has 0 aromatic heterocycles. The molecule has 0 N–H and O–H groups in total. The highest BCUT2D eigenvalue weighted by Crippen LogP contribution is 2.37. The monoisotopic (exact) mass is 491 g/mol. The molecule has 1 amide bonds. The van der Waals surface area contributed by atoms with Gasteiger partial charge in [0.15, 0.2) is 15.8 Å². The van der Waals surface area contributed by atoms with E-state index in [-0.39, 0.29) is 5.91 Å². The fourth-order valence-electron chi connectivity index (χ4n) is 3.44. The number of nitrogens with zero attached hydrogens (tertiary/aromatic N) is 1. The van der Waals surface area contributed by atoms with E-state index in [4.69, 9.17) is 26.4 Å². The number of anilines is 1. The molecule has 3 aromatic rings. The van der Waals surface area contributed by atoms with Gasteiger partial charge < -0.3 is 14.2 Å². The van der Waals surface area contributed by atoms with Crippen LogP contribution in [0.5, 0.6) is 17.2 Å². The zero-order chi connectivity index (χ0) is 23.9. The van der Waals surface area contributed by atoms with Crippen molar-refractivity contribution >= 4 is 46.0 Å². The smallest absolute Gasteiger partial charge is 0.270 e. The van der Waals surface area contributed by atoms with Crippen molar-refractivity contribution in [1.82, 2.24) is 0 Å². The molecule has 1 aliphatic heterocycles. The Labute approximate surface area is 209 Å². The molecule has 4 rings (SSSR count). The molecule has 5 nitrogen and oxygen atoms in total. The standard InChI is InChI=1S/C27H25NO4S2/c1-3-30-22-13-11-21(12-14-22)28-26(29)25(34-27(28)33)17-20-10-15-23(24(16-20)31-4-2)32-18-19-8-6-5-7-9-19/h5-17H,3-4,18H2,1-2H3/b25-17+. The number of thiocarbonyl (C=S) groups is 1. The van der Waals surface area contributed by atoms with Gasteiger partial charge in [-0.3, -0.25) is 9.69 Å². The van der Waals surface area contributed by atoms with Gasteiger partial charge in [0.1, 0.15) is 12.4 Å². The Morgan fingerprint density at radius 1 is 0.882 bits per heavy atom. The highest BCUT2D eigenvalue weighted by atomic mass is 32.2. The van der Waals surface area contributed by atoms with E-state index >= 15 is 0 Å². The molecule has 0 saturated carbocycles. The van der Waals surface area contributed by atoms with Crippen molar-refractivity contribution in [3.8, 4) is 17.2 Å². The Kier molecular flexibility index (Phi) is 7.87. The third-order valence-electron chi connectivity index (χ3n) is 5.00. The minimum atomic E-state index is -0.151. The van der Waals surface area contributed by atoms with E-state index in [1.54, 1.807) is 4.90 Å². The fraction of sp³-hybridized carbons (Fsp3) is 0.185. The van der Waals surface area contributed by atoms with E-state index < -0.39 is 0 Å². The van der Waals surface area contributed by atoms with Crippen molar-refractivity contribution in [2.45, 2.75) is 20.5 Å². The summed E-state index contributed by atoms with van der Waals surface area (Å²) in [6.07, 6.45) is 1.83. The third-order valence-corrected chi connectivity index (χ3v) is 6.30. The minimum Gasteiger partial charge on any atom is -0.494 e. The summed E-state index contributed by atoms with van der Waals surface area (Å²) in [7, 11) is 0. The third kappa shape index (κ3) is 5.61. The van der Waals surface area contributed by atoms with Crippen LogP contribution in [0.25, 0.3) is 6.08 Å². The summed E-state index contributed by atoms with van der Waals surface area (Å²) in [5, 5.41) is 0. The Bertz CT molecular complexity index is 1190. The first-order chi connectivity index (χ1) is 16.6. The predicted octanol–water partition coefficient (Wildman–Crippen LogP) is 6.47. The van der Waals surface area contributed by atoms with Crippen molar-refractivity contribution in [3.05, 3.63) is 88.8 Å². The highest BCUT2D eigenvalue weighted by molar-refractivity contribution is 8.27. The van der Waals surface area contributed by atoms with Crippen LogP contribution in [0.4, 0.5) is 5.69 Å². The van der Waals surface area contributed by atoms with E-state index in [1.165, 1.54) is 11.8 Å². The maximum atomic E-state index is 13.1. The van der Waals surface area contributed by atoms with Crippen LogP contribution in [0, 0.1) is 0 Å². The summed E-state index contributed by atoms with van der Waals surface area (Å²) in [6.45, 7) is 5.39. The van der Waals surface area contributed by atoms with Crippen LogP contribution in [0.2, 0.25) is 0 Å². The van der Waals surface area contributed by atoms with E-state index in [0.29, 0.717) is 46.2 Å². The van der Waals surface area contributed by atoms with Crippen molar-refractivity contribution < 1.29 is 19.0 Å². The number of rotatable bonds is 9. The zero-order valence-electron chi connectivity index (χ0n) is 19.0. The fourth-order valence-corrected chi connectivity index (χ4v) is 4.74. The van der Waals surface area contributed by atoms with Crippen molar-refractivity contribution in [2.24, 2.45) is 0 Å². The summed E-state index contributed by atoms with van der Waals surface area (Å²) < 4.78 is 17.8. The summed E-state index contributed by atoms with van der Waals surface area (Å²) in [6, 6.07) is 23.0. The minimum absolute atomic E-state index is 0.151. The lowest BCUT2D eigenvalue weighted by Crippen LogP contribution is -2.27. The van der Waals surface area contributed by atoms with Crippen LogP contribution in [0.1, 0.15) is 25.0 Å². The summed E-state index contributed by atoms with van der Waals surface area (Å²) in [4.78, 5) is 15.2. The predicted molar refractivity (Wildman–Crippen MR) is 142 cm³/mol. The zero-order valence-corrected chi connectivity index (χ0v) is 20.7. The second-order valence-electron chi connectivity index (χ2n) is 7.36. The second kappa shape index (κ2) is 11.2. The van der Waals surface area contributed by atoms with E-state index in [9.17, 15) is 4.79 Å². The molecule has 0 radical (unpaired) electrons. The Morgan fingerprint density at radius 2 is 1.62 bits per heavy atom. The summed E-state index contributed by atoms with van der Waals surface area (Å²) in [5.41, 5.74) is 2.63. The molecule has 0 unspecified atom stereocenters. The maximum Gasteiger partial charge on any atom is 0.270 e. The molecule has 174 valence electrons. The Balaban J connectivity index is 1.52. The number of hydrogen-bond acceptors (Lipinski definition) is 6. The van der Waals surface area contributed by atoms with Gasteiger partial charge in [-0.05, 0) is 67.4 Å². The van der Waals surface area contributed by atoms with Gasteiger partial charge in [0.05, 0.1) is 23.8 Å². The highest BCUT2D eigenvalue weighted by Gasteiger charge is 2.33. The molecule has 1 heterocycles. The van der Waals surface area contributed by atoms with Gasteiger partial charge in [0.25, 0.3) is 5.91 Å². The number of thioether (sulfide) groups is 1. The van der Waals surface area contributed by atoms with E-state index in [2.05, 4.69) is 0 Å². The first kappa shape index (κ1) is 23.9. The molecule has 1 fully saturated rings. The first-order valence-corrected chi connectivity index (χ1v) is 12.3. The van der Waals surface area contributed by atoms with Gasteiger partial charge in [-0.15, -0.1) is 0 Å². The normalized spacial score (nSPS) is 14.5. The SMILES string of the molecule is CCOc1ccc(N2C(=O)/C(=C\c3ccc(OCc4ccccc4)c(OCC)c3)SC2=S)cc1. The van der Waals surface area contributed by atoms with Crippen molar-refractivity contribution in [3.63, 3.8) is 0 Å². The first-order valence-electron chi connectivity index (χ1n) is 11.0. The number of benzene rings is 3. The summed E-state index contributed by atoms with van der Waals surface area (Å²) in [5.74, 6) is 1.89. The van der Waals surface area contributed by atoms with Crippen LogP contribution < -0.4 is 19.1 Å². The number of amides is 1. The number of carbonyl (C=O) groups excluding carboxylic acids is 1. The molecule has 7 heteroatoms. The molecule has 34 heavy (non-hydrogen) atoms. The van der Waals surface area contributed by atoms with Crippen LogP contribution in [-0.2, 0) is 11.4 Å². The van der Waals surface area contributed by atoms with Crippen LogP contribution in [0.15, 0.2) is 77.7 Å². The largest absolute Gasteiger partial charge is 0.494 e. The lowest BCUT2D eigenvalue weighted by Gasteiger charge is -2.15. The summed E-state index contributed by atoms with van der Waals surface area (Å²) >= 11 is 6.78. The molecule has 3 aromatic carbocycles. The Morgan fingerprint density at radius 3 is 2.32 bits per heavy atom. The molecule has 0 spiro atoms. The average molecular weight is 492 g/mol. The Hall–Kier alpha value is -3.29. The molecule has 0 atom stereocenters. The van der Waals surface area contributed by atoms with Gasteiger partial charge in [-0.25, -0.2) is 0 Å².